The molecular weight excluding hydrogens is 264 g/mol. The Labute approximate surface area is 128 Å². The second kappa shape index (κ2) is 7.78. The van der Waals surface area contributed by atoms with E-state index in [-0.39, 0.29) is 12.1 Å². The maximum atomic E-state index is 9.59. The lowest BCUT2D eigenvalue weighted by Crippen LogP contribution is -2.47. The molecule has 1 aliphatic rings. The highest BCUT2D eigenvalue weighted by Gasteiger charge is 2.23. The van der Waals surface area contributed by atoms with Crippen LogP contribution in [0.3, 0.4) is 0 Å². The highest BCUT2D eigenvalue weighted by atomic mass is 16.5. The summed E-state index contributed by atoms with van der Waals surface area (Å²) in [5, 5.41) is 13.1. The molecule has 4 heteroatoms. The number of hydrogen-bond acceptors (Lipinski definition) is 4. The number of hydrogen-bond donors (Lipinski definition) is 2. The zero-order valence-electron chi connectivity index (χ0n) is 13.3. The molecule has 1 heterocycles. The van der Waals surface area contributed by atoms with Crippen molar-refractivity contribution in [1.29, 1.82) is 0 Å². The van der Waals surface area contributed by atoms with Crippen LogP contribution in [0.5, 0.6) is 0 Å². The number of benzene rings is 1. The third kappa shape index (κ3) is 4.19. The van der Waals surface area contributed by atoms with Gasteiger partial charge in [0.2, 0.25) is 0 Å². The van der Waals surface area contributed by atoms with Gasteiger partial charge in [0.1, 0.15) is 0 Å². The Balaban J connectivity index is 1.92. The first kappa shape index (κ1) is 16.3. The molecule has 1 aromatic rings. The molecule has 2 rings (SSSR count). The fourth-order valence-electron chi connectivity index (χ4n) is 2.72. The summed E-state index contributed by atoms with van der Waals surface area (Å²) in [6, 6.07) is 8.71. The van der Waals surface area contributed by atoms with Gasteiger partial charge in [0, 0.05) is 30.9 Å². The van der Waals surface area contributed by atoms with E-state index in [0.29, 0.717) is 0 Å². The van der Waals surface area contributed by atoms with Crippen LogP contribution < -0.4 is 10.2 Å². The predicted molar refractivity (Wildman–Crippen MR) is 86.7 cm³/mol. The van der Waals surface area contributed by atoms with Crippen LogP contribution in [0.15, 0.2) is 24.3 Å². The van der Waals surface area contributed by atoms with Crippen molar-refractivity contribution >= 4 is 5.69 Å². The van der Waals surface area contributed by atoms with E-state index in [0.717, 1.165) is 45.7 Å². The third-order valence-corrected chi connectivity index (χ3v) is 4.64. The number of nitrogens with one attached hydrogen (secondary N) is 1. The Morgan fingerprint density at radius 1 is 1.14 bits per heavy atom. The van der Waals surface area contributed by atoms with Gasteiger partial charge in [-0.05, 0) is 30.5 Å². The van der Waals surface area contributed by atoms with Crippen molar-refractivity contribution < 1.29 is 9.84 Å². The lowest BCUT2D eigenvalue weighted by molar-refractivity contribution is 0.122. The Morgan fingerprint density at radius 2 is 1.76 bits per heavy atom. The third-order valence-electron chi connectivity index (χ3n) is 4.64. The number of rotatable bonds is 7. The molecule has 0 aliphatic carbocycles. The summed E-state index contributed by atoms with van der Waals surface area (Å²) >= 11 is 0. The van der Waals surface area contributed by atoms with Crippen LogP contribution in [-0.2, 0) is 11.3 Å². The smallest absolute Gasteiger partial charge is 0.0642 e. The monoisotopic (exact) mass is 292 g/mol. The van der Waals surface area contributed by atoms with Gasteiger partial charge in [0.15, 0.2) is 0 Å². The van der Waals surface area contributed by atoms with Crippen LogP contribution in [0.4, 0.5) is 5.69 Å². The van der Waals surface area contributed by atoms with E-state index in [1.54, 1.807) is 0 Å². The van der Waals surface area contributed by atoms with Crippen LogP contribution in [0.1, 0.15) is 32.3 Å². The zero-order chi connectivity index (χ0) is 15.1. The van der Waals surface area contributed by atoms with Gasteiger partial charge in [-0.2, -0.15) is 0 Å². The number of morpholine rings is 1. The van der Waals surface area contributed by atoms with Crippen LogP contribution in [0.25, 0.3) is 0 Å². The first-order chi connectivity index (χ1) is 10.2. The molecule has 2 N–H and O–H groups in total. The van der Waals surface area contributed by atoms with Gasteiger partial charge in [-0.25, -0.2) is 0 Å². The molecular formula is C17H28N2O2. The molecule has 4 nitrogen and oxygen atoms in total. The number of nitrogens with zero attached hydrogens (tertiary/aromatic N) is 1. The second-order valence-electron chi connectivity index (χ2n) is 5.76. The van der Waals surface area contributed by atoms with E-state index >= 15 is 0 Å². The van der Waals surface area contributed by atoms with Crippen LogP contribution in [-0.4, -0.2) is 43.6 Å². The van der Waals surface area contributed by atoms with Crippen molar-refractivity contribution in [3.8, 4) is 0 Å². The first-order valence-electron chi connectivity index (χ1n) is 8.00. The summed E-state index contributed by atoms with van der Waals surface area (Å²) in [6.07, 6.45) is 1.87. The molecule has 21 heavy (non-hydrogen) atoms. The maximum Gasteiger partial charge on any atom is 0.0642 e. The molecule has 0 aromatic heterocycles. The first-order valence-corrected chi connectivity index (χ1v) is 8.00. The molecule has 1 aliphatic heterocycles. The van der Waals surface area contributed by atoms with Crippen LogP contribution in [0, 0.1) is 0 Å². The number of aliphatic hydroxyl groups excluding tert-OH is 1. The fraction of sp³-hybridized carbons (Fsp3) is 0.647. The molecule has 1 saturated heterocycles. The summed E-state index contributed by atoms with van der Waals surface area (Å²) in [5.74, 6) is 0. The van der Waals surface area contributed by atoms with Gasteiger partial charge in [-0.3, -0.25) is 0 Å². The minimum absolute atomic E-state index is 0.150. The van der Waals surface area contributed by atoms with Crippen molar-refractivity contribution in [2.45, 2.75) is 38.8 Å². The van der Waals surface area contributed by atoms with E-state index in [9.17, 15) is 5.11 Å². The Morgan fingerprint density at radius 3 is 2.29 bits per heavy atom. The summed E-state index contributed by atoms with van der Waals surface area (Å²) in [5.41, 5.74) is 2.37. The van der Waals surface area contributed by atoms with Gasteiger partial charge in [0.25, 0.3) is 0 Å². The second-order valence-corrected chi connectivity index (χ2v) is 5.76. The van der Waals surface area contributed by atoms with Crippen LogP contribution >= 0.6 is 0 Å². The van der Waals surface area contributed by atoms with Gasteiger partial charge < -0.3 is 20.1 Å². The normalized spacial score (nSPS) is 16.2. The topological polar surface area (TPSA) is 44.7 Å². The average molecular weight is 292 g/mol. The Kier molecular flexibility index (Phi) is 6.03. The molecule has 118 valence electrons. The molecule has 0 saturated carbocycles. The average Bonchev–Trinajstić information content (AvgIpc) is 2.58. The van der Waals surface area contributed by atoms with Crippen molar-refractivity contribution in [1.82, 2.24) is 5.32 Å². The largest absolute Gasteiger partial charge is 0.394 e. The summed E-state index contributed by atoms with van der Waals surface area (Å²) in [7, 11) is 0. The quantitative estimate of drug-likeness (QED) is 0.808. The summed E-state index contributed by atoms with van der Waals surface area (Å²) < 4.78 is 5.38. The van der Waals surface area contributed by atoms with E-state index in [2.05, 4.69) is 48.3 Å². The molecule has 0 unspecified atom stereocenters. The van der Waals surface area contributed by atoms with E-state index < -0.39 is 0 Å². The summed E-state index contributed by atoms with van der Waals surface area (Å²) in [6.45, 7) is 8.79. The number of ether oxygens (including phenoxy) is 1. The minimum Gasteiger partial charge on any atom is -0.394 e. The molecule has 1 fully saturated rings. The predicted octanol–water partition coefficient (Wildman–Crippen LogP) is 2.16. The standard InChI is InChI=1S/C17H28N2O2/c1-3-17(4-2,14-20)18-13-15-5-7-16(8-6-15)19-9-11-21-12-10-19/h5-8,18,20H,3-4,9-14H2,1-2H3. The highest BCUT2D eigenvalue weighted by molar-refractivity contribution is 5.47. The number of aliphatic hydroxyl groups is 1. The molecule has 0 spiro atoms. The maximum absolute atomic E-state index is 9.59. The van der Waals surface area contributed by atoms with E-state index in [1.165, 1.54) is 11.3 Å². The van der Waals surface area contributed by atoms with Gasteiger partial charge >= 0.3 is 0 Å². The van der Waals surface area contributed by atoms with Crippen molar-refractivity contribution in [3.63, 3.8) is 0 Å². The highest BCUT2D eigenvalue weighted by Crippen LogP contribution is 2.18. The van der Waals surface area contributed by atoms with E-state index in [1.807, 2.05) is 0 Å². The van der Waals surface area contributed by atoms with Crippen LogP contribution in [0.2, 0.25) is 0 Å². The zero-order valence-corrected chi connectivity index (χ0v) is 13.3. The Bertz CT molecular complexity index is 401. The van der Waals surface area contributed by atoms with Gasteiger partial charge in [-0.1, -0.05) is 26.0 Å². The lowest BCUT2D eigenvalue weighted by atomic mass is 9.93. The van der Waals surface area contributed by atoms with Crippen molar-refractivity contribution in [2.24, 2.45) is 0 Å². The SMILES string of the molecule is CCC(CC)(CO)NCc1ccc(N2CCOCC2)cc1. The Hall–Kier alpha value is -1.10. The van der Waals surface area contributed by atoms with Gasteiger partial charge in [-0.15, -0.1) is 0 Å². The van der Waals surface area contributed by atoms with Gasteiger partial charge in [0.05, 0.1) is 19.8 Å². The van der Waals surface area contributed by atoms with E-state index in [4.69, 9.17) is 4.74 Å². The minimum atomic E-state index is -0.150. The lowest BCUT2D eigenvalue weighted by Gasteiger charge is -2.31. The summed E-state index contributed by atoms with van der Waals surface area (Å²) in [4.78, 5) is 2.36. The molecule has 0 amide bonds. The number of anilines is 1. The van der Waals surface area contributed by atoms with Crippen molar-refractivity contribution in [2.75, 3.05) is 37.8 Å². The fourth-order valence-corrected chi connectivity index (χ4v) is 2.72. The molecule has 0 bridgehead atoms. The molecule has 0 atom stereocenters. The molecule has 0 radical (unpaired) electrons. The molecule has 1 aromatic carbocycles. The van der Waals surface area contributed by atoms with Crippen molar-refractivity contribution in [3.05, 3.63) is 29.8 Å².